The predicted molar refractivity (Wildman–Crippen MR) is 111 cm³/mol. The largest absolute Gasteiger partial charge is 0.469 e. The lowest BCUT2D eigenvalue weighted by Crippen LogP contribution is -3.00. The zero-order valence-corrected chi connectivity index (χ0v) is 20.6. The van der Waals surface area contributed by atoms with Gasteiger partial charge < -0.3 is 18.9 Å². The molecule has 0 amide bonds. The van der Waals surface area contributed by atoms with Crippen LogP contribution in [0.25, 0.3) is 0 Å². The molecule has 3 saturated carbocycles. The predicted octanol–water partition coefficient (Wildman–Crippen LogP) is 2.25. The van der Waals surface area contributed by atoms with Crippen molar-refractivity contribution in [2.75, 3.05) is 39.1 Å². The number of halogens is 2. The topological polar surface area (TPSA) is 105 Å². The monoisotopic (exact) mass is 552 g/mol. The molecule has 0 spiro atoms. The number of esters is 4. The Labute approximate surface area is 191 Å². The summed E-state index contributed by atoms with van der Waals surface area (Å²) < 4.78 is 20.6. The van der Waals surface area contributed by atoms with E-state index in [2.05, 4.69) is 31.9 Å². The Balaban J connectivity index is 2.38. The second-order valence-corrected chi connectivity index (χ2v) is 9.74. The third kappa shape index (κ3) is 1.99. The van der Waals surface area contributed by atoms with Gasteiger partial charge in [-0.2, -0.15) is 0 Å². The second kappa shape index (κ2) is 7.76. The molecule has 0 N–H and O–H groups in total. The Hall–Kier alpha value is -1.16. The van der Waals surface area contributed by atoms with Crippen LogP contribution >= 0.6 is 31.9 Å². The Morgan fingerprint density at radius 1 is 0.667 bits per heavy atom. The fraction of sp³-hybridized carbons (Fsp3) is 0.800. The first-order valence-corrected chi connectivity index (χ1v) is 12.0. The summed E-state index contributed by atoms with van der Waals surface area (Å²) in [5.41, 5.74) is -6.17. The highest BCUT2D eigenvalue weighted by molar-refractivity contribution is 9.09. The molecule has 3 aliphatic rings. The average Bonchev–Trinajstić information content (AvgIpc) is 2.74. The van der Waals surface area contributed by atoms with E-state index in [9.17, 15) is 19.2 Å². The molecule has 2 atom stereocenters. The molecule has 3 rings (SSSR count). The van der Waals surface area contributed by atoms with Crippen LogP contribution in [0.5, 0.6) is 0 Å². The van der Waals surface area contributed by atoms with Gasteiger partial charge in [0.05, 0.1) is 28.4 Å². The third-order valence-corrected chi connectivity index (χ3v) is 8.94. The van der Waals surface area contributed by atoms with Crippen molar-refractivity contribution in [2.45, 2.75) is 25.7 Å². The molecule has 0 heterocycles. The van der Waals surface area contributed by atoms with E-state index >= 15 is 0 Å². The van der Waals surface area contributed by atoms with Crippen LogP contribution in [-0.2, 0) is 38.1 Å². The van der Waals surface area contributed by atoms with Crippen LogP contribution in [0.1, 0.15) is 25.7 Å². The van der Waals surface area contributed by atoms with E-state index in [0.29, 0.717) is 23.5 Å². The van der Waals surface area contributed by atoms with Gasteiger partial charge in [-0.1, -0.05) is 31.9 Å². The van der Waals surface area contributed by atoms with Crippen LogP contribution in [0, 0.1) is 33.5 Å². The standard InChI is InChI=1S/C20H26Br2O8/c1-27-13(23)17-9-11(5-7-21)19(17,15(25)29-3)18(14(24)28-2)10-12(6-8-22)20(17,18)16(26)30-4/h11-12H,5-10H2,1-4H3. The Kier molecular flexibility index (Phi) is 6.08. The summed E-state index contributed by atoms with van der Waals surface area (Å²) in [6.45, 7) is 0. The van der Waals surface area contributed by atoms with Crippen LogP contribution in [0.15, 0.2) is 0 Å². The number of rotatable bonds is 8. The lowest BCUT2D eigenvalue weighted by molar-refractivity contribution is -0.439. The summed E-state index contributed by atoms with van der Waals surface area (Å²) in [6, 6.07) is 0. The number of hydrogen-bond donors (Lipinski definition) is 0. The zero-order chi connectivity index (χ0) is 22.5. The molecule has 3 fully saturated rings. The SMILES string of the molecule is COC(=O)C12CC(CCBr)C1(C(=O)OC)C1(C(=O)OC)CC(CCBr)C21C(=O)OC. The van der Waals surface area contributed by atoms with Gasteiger partial charge in [-0.05, 0) is 37.5 Å². The number of ether oxygens (including phenoxy) is 4. The highest BCUT2D eigenvalue weighted by atomic mass is 79.9. The highest BCUT2D eigenvalue weighted by Crippen LogP contribution is 2.97. The molecule has 3 aliphatic carbocycles. The van der Waals surface area contributed by atoms with Crippen molar-refractivity contribution in [2.24, 2.45) is 33.5 Å². The lowest BCUT2D eigenvalue weighted by atomic mass is 9.07. The van der Waals surface area contributed by atoms with Crippen molar-refractivity contribution in [1.82, 2.24) is 0 Å². The van der Waals surface area contributed by atoms with Gasteiger partial charge in [0, 0.05) is 10.7 Å². The Bertz CT molecular complexity index is 707. The number of carbonyl (C=O) groups is 4. The van der Waals surface area contributed by atoms with Crippen molar-refractivity contribution >= 4 is 55.7 Å². The van der Waals surface area contributed by atoms with Crippen molar-refractivity contribution in [3.8, 4) is 0 Å². The molecular weight excluding hydrogens is 528 g/mol. The third-order valence-electron chi connectivity index (χ3n) is 8.02. The van der Waals surface area contributed by atoms with Crippen molar-refractivity contribution in [3.63, 3.8) is 0 Å². The number of fused-ring (bicyclic) bond motifs is 4. The van der Waals surface area contributed by atoms with Gasteiger partial charge in [-0.3, -0.25) is 19.2 Å². The smallest absolute Gasteiger partial charge is 0.314 e. The van der Waals surface area contributed by atoms with Crippen LogP contribution in [-0.4, -0.2) is 63.0 Å². The molecule has 30 heavy (non-hydrogen) atoms. The van der Waals surface area contributed by atoms with Gasteiger partial charge in [0.25, 0.3) is 0 Å². The van der Waals surface area contributed by atoms with Crippen LogP contribution in [0.4, 0.5) is 0 Å². The van der Waals surface area contributed by atoms with Crippen LogP contribution in [0.3, 0.4) is 0 Å². The van der Waals surface area contributed by atoms with Crippen LogP contribution in [0.2, 0.25) is 0 Å². The molecule has 0 aromatic heterocycles. The molecule has 0 bridgehead atoms. The molecule has 0 radical (unpaired) electrons. The van der Waals surface area contributed by atoms with E-state index in [-0.39, 0.29) is 24.7 Å². The zero-order valence-electron chi connectivity index (χ0n) is 17.4. The van der Waals surface area contributed by atoms with E-state index in [1.807, 2.05) is 0 Å². The van der Waals surface area contributed by atoms with Gasteiger partial charge in [0.15, 0.2) is 0 Å². The minimum atomic E-state index is -1.54. The molecule has 0 aromatic rings. The van der Waals surface area contributed by atoms with Gasteiger partial charge in [-0.25, -0.2) is 0 Å². The first kappa shape index (κ1) is 23.5. The molecule has 8 nitrogen and oxygen atoms in total. The van der Waals surface area contributed by atoms with Gasteiger partial charge >= 0.3 is 23.9 Å². The quantitative estimate of drug-likeness (QED) is 0.256. The maximum Gasteiger partial charge on any atom is 0.314 e. The number of alkyl halides is 2. The molecule has 168 valence electrons. The Morgan fingerprint density at radius 2 is 0.967 bits per heavy atom. The Morgan fingerprint density at radius 3 is 1.20 bits per heavy atom. The molecular formula is C20H26Br2O8. The average molecular weight is 554 g/mol. The molecule has 0 aliphatic heterocycles. The van der Waals surface area contributed by atoms with Gasteiger partial charge in [0.2, 0.25) is 0 Å². The van der Waals surface area contributed by atoms with Crippen molar-refractivity contribution < 1.29 is 38.1 Å². The van der Waals surface area contributed by atoms with E-state index in [1.54, 1.807) is 0 Å². The summed E-state index contributed by atoms with van der Waals surface area (Å²) in [7, 11) is 4.89. The molecule has 10 heteroatoms. The lowest BCUT2D eigenvalue weighted by Gasteiger charge is -2.89. The van der Waals surface area contributed by atoms with Crippen LogP contribution < -0.4 is 0 Å². The van der Waals surface area contributed by atoms with Gasteiger partial charge in [0.1, 0.15) is 21.7 Å². The fourth-order valence-electron chi connectivity index (χ4n) is 7.52. The minimum Gasteiger partial charge on any atom is -0.469 e. The molecule has 2 unspecified atom stereocenters. The normalized spacial score (nSPS) is 40.3. The maximum absolute atomic E-state index is 13.4. The van der Waals surface area contributed by atoms with Crippen molar-refractivity contribution in [3.05, 3.63) is 0 Å². The summed E-state index contributed by atoms with van der Waals surface area (Å²) in [6.07, 6.45) is 1.50. The maximum atomic E-state index is 13.4. The van der Waals surface area contributed by atoms with E-state index < -0.39 is 45.5 Å². The highest BCUT2D eigenvalue weighted by Gasteiger charge is 3.08. The number of methoxy groups -OCH3 is 4. The summed E-state index contributed by atoms with van der Waals surface area (Å²) in [4.78, 5) is 53.5. The first-order valence-electron chi connectivity index (χ1n) is 9.72. The summed E-state index contributed by atoms with van der Waals surface area (Å²) >= 11 is 6.80. The second-order valence-electron chi connectivity index (χ2n) is 8.15. The van der Waals surface area contributed by atoms with E-state index in [0.717, 1.165) is 0 Å². The summed E-state index contributed by atoms with van der Waals surface area (Å²) in [5.74, 6) is -3.47. The van der Waals surface area contributed by atoms with Crippen molar-refractivity contribution in [1.29, 1.82) is 0 Å². The number of hydrogen-bond acceptors (Lipinski definition) is 8. The number of carbonyl (C=O) groups excluding carboxylic acids is 4. The summed E-state index contributed by atoms with van der Waals surface area (Å²) in [5, 5.41) is 1.11. The van der Waals surface area contributed by atoms with Gasteiger partial charge in [-0.15, -0.1) is 0 Å². The first-order chi connectivity index (χ1) is 14.3. The molecule has 0 aromatic carbocycles. The van der Waals surface area contributed by atoms with E-state index in [1.165, 1.54) is 28.4 Å². The fourth-order valence-corrected chi connectivity index (χ4v) is 8.63. The van der Waals surface area contributed by atoms with E-state index in [4.69, 9.17) is 18.9 Å². The molecule has 0 saturated heterocycles. The minimum absolute atomic E-state index is 0.229.